The van der Waals surface area contributed by atoms with Gasteiger partial charge in [0.05, 0.1) is 12.0 Å². The molecule has 0 atom stereocenters. The molecule has 9 heteroatoms. The number of carbonyl (C=O) groups is 2. The molecule has 2 aliphatic heterocycles. The number of sulfonamides is 1. The summed E-state index contributed by atoms with van der Waals surface area (Å²) in [5.41, 5.74) is 1.96. The molecule has 2 aliphatic rings. The third-order valence-corrected chi connectivity index (χ3v) is 7.97. The van der Waals surface area contributed by atoms with E-state index in [9.17, 15) is 18.0 Å². The van der Waals surface area contributed by atoms with Gasteiger partial charge in [-0.05, 0) is 73.2 Å². The molecule has 0 aliphatic carbocycles. The first-order valence-electron chi connectivity index (χ1n) is 11.6. The Morgan fingerprint density at radius 3 is 2.35 bits per heavy atom. The number of piperidine rings is 1. The highest BCUT2D eigenvalue weighted by atomic mass is 32.2. The third kappa shape index (κ3) is 5.35. The van der Waals surface area contributed by atoms with Crippen molar-refractivity contribution in [2.24, 2.45) is 5.92 Å². The van der Waals surface area contributed by atoms with Crippen LogP contribution in [0.2, 0.25) is 0 Å². The van der Waals surface area contributed by atoms with Gasteiger partial charge in [-0.2, -0.15) is 0 Å². The monoisotopic (exact) mass is 485 g/mol. The Hall–Kier alpha value is -3.07. The van der Waals surface area contributed by atoms with Crippen LogP contribution in [0, 0.1) is 5.92 Å². The van der Waals surface area contributed by atoms with E-state index < -0.39 is 10.0 Å². The minimum Gasteiger partial charge on any atom is -0.497 e. The third-order valence-electron chi connectivity index (χ3n) is 6.59. The first-order chi connectivity index (χ1) is 16.3. The van der Waals surface area contributed by atoms with Gasteiger partial charge in [-0.3, -0.25) is 14.3 Å². The number of ether oxygens (including phenoxy) is 1. The van der Waals surface area contributed by atoms with Gasteiger partial charge in [0, 0.05) is 43.9 Å². The van der Waals surface area contributed by atoms with Crippen LogP contribution in [0.1, 0.15) is 38.2 Å². The van der Waals surface area contributed by atoms with Crippen LogP contribution in [-0.4, -0.2) is 51.9 Å². The van der Waals surface area contributed by atoms with Gasteiger partial charge in [0.1, 0.15) is 5.75 Å². The zero-order chi connectivity index (χ0) is 24.3. The number of benzene rings is 2. The van der Waals surface area contributed by atoms with Crippen LogP contribution in [-0.2, 0) is 26.0 Å². The molecular formula is C25H31N3O5S. The van der Waals surface area contributed by atoms with Crippen molar-refractivity contribution in [1.82, 2.24) is 4.90 Å². The summed E-state index contributed by atoms with van der Waals surface area (Å²) in [5, 5.41) is 0. The van der Waals surface area contributed by atoms with Crippen LogP contribution in [0.4, 0.5) is 11.4 Å². The van der Waals surface area contributed by atoms with Crippen molar-refractivity contribution in [2.75, 3.05) is 36.4 Å². The van der Waals surface area contributed by atoms with Crippen molar-refractivity contribution in [1.29, 1.82) is 0 Å². The average Bonchev–Trinajstić information content (AvgIpc) is 3.26. The number of amides is 2. The first kappa shape index (κ1) is 24.1. The molecule has 4 rings (SSSR count). The zero-order valence-electron chi connectivity index (χ0n) is 19.6. The zero-order valence-corrected chi connectivity index (χ0v) is 20.4. The van der Waals surface area contributed by atoms with E-state index >= 15 is 0 Å². The summed E-state index contributed by atoms with van der Waals surface area (Å²) in [6.07, 6.45) is 2.96. The summed E-state index contributed by atoms with van der Waals surface area (Å²) in [5.74, 6) is 1.21. The van der Waals surface area contributed by atoms with Crippen LogP contribution in [0.25, 0.3) is 0 Å². The number of carbonyl (C=O) groups excluding carboxylic acids is 2. The molecule has 8 nitrogen and oxygen atoms in total. The number of anilines is 2. The normalized spacial score (nSPS) is 16.3. The molecule has 2 heterocycles. The lowest BCUT2D eigenvalue weighted by Crippen LogP contribution is -2.38. The predicted octanol–water partition coefficient (Wildman–Crippen LogP) is 3.42. The van der Waals surface area contributed by atoms with E-state index in [1.165, 1.54) is 6.07 Å². The van der Waals surface area contributed by atoms with Gasteiger partial charge in [0.2, 0.25) is 11.8 Å². The van der Waals surface area contributed by atoms with E-state index in [1.54, 1.807) is 48.4 Å². The predicted molar refractivity (Wildman–Crippen MR) is 131 cm³/mol. The molecule has 0 radical (unpaired) electrons. The lowest BCUT2D eigenvalue weighted by atomic mass is 9.99. The second-order valence-electron chi connectivity index (χ2n) is 8.98. The van der Waals surface area contributed by atoms with E-state index in [0.29, 0.717) is 36.0 Å². The van der Waals surface area contributed by atoms with E-state index in [2.05, 4.69) is 11.6 Å². The van der Waals surface area contributed by atoms with Crippen LogP contribution in [0.5, 0.6) is 5.75 Å². The summed E-state index contributed by atoms with van der Waals surface area (Å²) in [6.45, 7) is 4.21. The van der Waals surface area contributed by atoms with Gasteiger partial charge in [0.15, 0.2) is 0 Å². The van der Waals surface area contributed by atoms with Crippen molar-refractivity contribution in [2.45, 2.75) is 43.9 Å². The SMILES string of the molecule is COc1ccc(NS(=O)(=O)c2ccc3c(c2)CCN3C(=O)CCC(=O)N2CCC(C)CC2)cc1. The highest BCUT2D eigenvalue weighted by molar-refractivity contribution is 7.92. The Kier molecular flexibility index (Phi) is 7.11. The molecular weight excluding hydrogens is 454 g/mol. The van der Waals surface area contributed by atoms with Crippen molar-refractivity contribution in [3.8, 4) is 5.75 Å². The van der Waals surface area contributed by atoms with E-state index in [1.807, 2.05) is 4.90 Å². The van der Waals surface area contributed by atoms with E-state index in [-0.39, 0.29) is 29.6 Å². The minimum absolute atomic E-state index is 0.0331. The Bertz CT molecular complexity index is 1160. The minimum atomic E-state index is -3.77. The molecule has 0 unspecified atom stereocenters. The molecule has 0 saturated carbocycles. The molecule has 2 aromatic carbocycles. The molecule has 182 valence electrons. The maximum Gasteiger partial charge on any atom is 0.261 e. The lowest BCUT2D eigenvalue weighted by molar-refractivity contribution is -0.134. The summed E-state index contributed by atoms with van der Waals surface area (Å²) in [7, 11) is -2.23. The fraction of sp³-hybridized carbons (Fsp3) is 0.440. The molecule has 2 aromatic rings. The van der Waals surface area contributed by atoms with E-state index in [0.717, 1.165) is 31.5 Å². The smallest absolute Gasteiger partial charge is 0.261 e. The van der Waals surface area contributed by atoms with Crippen LogP contribution >= 0.6 is 0 Å². The summed E-state index contributed by atoms with van der Waals surface area (Å²) >= 11 is 0. The number of rotatable bonds is 7. The number of hydrogen-bond acceptors (Lipinski definition) is 5. The number of methoxy groups -OCH3 is 1. The second-order valence-corrected chi connectivity index (χ2v) is 10.7. The number of likely N-dealkylation sites (tertiary alicyclic amines) is 1. The molecule has 0 spiro atoms. The molecule has 1 N–H and O–H groups in total. The topological polar surface area (TPSA) is 96.0 Å². The maximum atomic E-state index is 12.9. The number of hydrogen-bond donors (Lipinski definition) is 1. The number of nitrogens with zero attached hydrogens (tertiary/aromatic N) is 2. The molecule has 1 saturated heterocycles. The molecule has 2 amide bonds. The average molecular weight is 486 g/mol. The van der Waals surface area contributed by atoms with Gasteiger partial charge < -0.3 is 14.5 Å². The quantitative estimate of drug-likeness (QED) is 0.648. The van der Waals surface area contributed by atoms with Gasteiger partial charge in [0.25, 0.3) is 10.0 Å². The Morgan fingerprint density at radius 2 is 1.68 bits per heavy atom. The highest BCUT2D eigenvalue weighted by Crippen LogP contribution is 2.31. The summed E-state index contributed by atoms with van der Waals surface area (Å²) < 4.78 is 33.4. The highest BCUT2D eigenvalue weighted by Gasteiger charge is 2.28. The first-order valence-corrected chi connectivity index (χ1v) is 13.1. The Balaban J connectivity index is 1.38. The molecule has 1 fully saturated rings. The molecule has 34 heavy (non-hydrogen) atoms. The lowest BCUT2D eigenvalue weighted by Gasteiger charge is -2.30. The van der Waals surface area contributed by atoms with Gasteiger partial charge in [-0.1, -0.05) is 6.92 Å². The largest absolute Gasteiger partial charge is 0.497 e. The van der Waals surface area contributed by atoms with Crippen LogP contribution in [0.15, 0.2) is 47.4 Å². The second kappa shape index (κ2) is 10.0. The van der Waals surface area contributed by atoms with Crippen molar-refractivity contribution >= 4 is 33.2 Å². The molecule has 0 bridgehead atoms. The fourth-order valence-corrected chi connectivity index (χ4v) is 5.55. The number of nitrogens with one attached hydrogen (secondary N) is 1. The summed E-state index contributed by atoms with van der Waals surface area (Å²) in [4.78, 5) is 29.0. The Morgan fingerprint density at radius 1 is 1.00 bits per heavy atom. The molecule has 0 aromatic heterocycles. The van der Waals surface area contributed by atoms with Crippen LogP contribution in [0.3, 0.4) is 0 Å². The van der Waals surface area contributed by atoms with Crippen molar-refractivity contribution in [3.05, 3.63) is 48.0 Å². The van der Waals surface area contributed by atoms with Crippen molar-refractivity contribution < 1.29 is 22.7 Å². The fourth-order valence-electron chi connectivity index (χ4n) is 4.44. The van der Waals surface area contributed by atoms with E-state index in [4.69, 9.17) is 4.74 Å². The standard InChI is InChI=1S/C25H31N3O5S/c1-18-11-14-27(15-12-18)24(29)9-10-25(30)28-16-13-19-17-22(7-8-23(19)28)34(31,32)26-20-3-5-21(33-2)6-4-20/h3-8,17-18,26H,9-16H2,1-2H3. The Labute approximate surface area is 200 Å². The van der Waals surface area contributed by atoms with Crippen LogP contribution < -0.4 is 14.4 Å². The van der Waals surface area contributed by atoms with Gasteiger partial charge in [-0.25, -0.2) is 8.42 Å². The van der Waals surface area contributed by atoms with Crippen molar-refractivity contribution in [3.63, 3.8) is 0 Å². The van der Waals surface area contributed by atoms with Gasteiger partial charge in [-0.15, -0.1) is 0 Å². The number of fused-ring (bicyclic) bond motifs is 1. The summed E-state index contributed by atoms with van der Waals surface area (Å²) in [6, 6.07) is 11.4. The van der Waals surface area contributed by atoms with Gasteiger partial charge >= 0.3 is 0 Å². The maximum absolute atomic E-state index is 12.9.